The maximum atomic E-state index is 13.0. The summed E-state index contributed by atoms with van der Waals surface area (Å²) >= 11 is 1.31. The molecule has 2 heterocycles. The van der Waals surface area contributed by atoms with Gasteiger partial charge < -0.3 is 9.64 Å². The molecular weight excluding hydrogens is 339 g/mol. The van der Waals surface area contributed by atoms with Crippen LogP contribution in [0.1, 0.15) is 23.3 Å². The zero-order valence-corrected chi connectivity index (χ0v) is 13.4. The first-order valence-corrected chi connectivity index (χ1v) is 8.23. The highest BCUT2D eigenvalue weighted by atomic mass is 32.1. The van der Waals surface area contributed by atoms with Gasteiger partial charge in [-0.05, 0) is 12.1 Å². The van der Waals surface area contributed by atoms with Gasteiger partial charge in [-0.15, -0.1) is 0 Å². The van der Waals surface area contributed by atoms with Crippen molar-refractivity contribution in [2.24, 2.45) is 0 Å². The molecular formula is C16H14F3N3OS. The fraction of sp³-hybridized carbons (Fsp3) is 0.375. The van der Waals surface area contributed by atoms with E-state index in [1.807, 2.05) is 11.0 Å². The average molecular weight is 353 g/mol. The Kier molecular flexibility index (Phi) is 4.62. The van der Waals surface area contributed by atoms with E-state index in [4.69, 9.17) is 10.00 Å². The zero-order valence-electron chi connectivity index (χ0n) is 12.6. The monoisotopic (exact) mass is 353 g/mol. The topological polar surface area (TPSA) is 49.2 Å². The molecule has 1 aromatic carbocycles. The third kappa shape index (κ3) is 3.62. The number of rotatable bonds is 3. The third-order valence-electron chi connectivity index (χ3n) is 3.80. The quantitative estimate of drug-likeness (QED) is 0.834. The maximum absolute atomic E-state index is 13.0. The van der Waals surface area contributed by atoms with Crippen molar-refractivity contribution in [2.45, 2.75) is 25.1 Å². The number of alkyl halides is 3. The lowest BCUT2D eigenvalue weighted by atomic mass is 10.1. The number of hydrogen-bond acceptors (Lipinski definition) is 5. The van der Waals surface area contributed by atoms with E-state index in [0.29, 0.717) is 30.8 Å². The molecule has 1 saturated heterocycles. The highest BCUT2D eigenvalue weighted by Crippen LogP contribution is 2.37. The van der Waals surface area contributed by atoms with Crippen LogP contribution in [-0.4, -0.2) is 24.2 Å². The SMILES string of the molecule is N#Cc1cnc(N2CCC(Oc3ccccc3C(F)(F)F)CC2)s1. The molecule has 0 atom stereocenters. The van der Waals surface area contributed by atoms with Crippen molar-refractivity contribution in [2.75, 3.05) is 18.0 Å². The van der Waals surface area contributed by atoms with Crippen molar-refractivity contribution in [1.82, 2.24) is 4.98 Å². The molecule has 0 saturated carbocycles. The first kappa shape index (κ1) is 16.6. The first-order chi connectivity index (χ1) is 11.5. The van der Waals surface area contributed by atoms with Crippen molar-refractivity contribution in [3.63, 3.8) is 0 Å². The largest absolute Gasteiger partial charge is 0.490 e. The normalized spacial score (nSPS) is 16.0. The standard InChI is InChI=1S/C16H14F3N3OS/c17-16(18,19)13-3-1-2-4-14(13)23-11-5-7-22(8-6-11)15-21-10-12(9-20)24-15/h1-4,10-11H,5-8H2. The fourth-order valence-electron chi connectivity index (χ4n) is 2.61. The van der Waals surface area contributed by atoms with Crippen LogP contribution in [0.15, 0.2) is 30.5 Å². The Morgan fingerprint density at radius 2 is 1.96 bits per heavy atom. The lowest BCUT2D eigenvalue weighted by Crippen LogP contribution is -2.38. The van der Waals surface area contributed by atoms with Crippen LogP contribution < -0.4 is 9.64 Å². The summed E-state index contributed by atoms with van der Waals surface area (Å²) in [5, 5.41) is 9.60. The Hall–Kier alpha value is -2.27. The predicted octanol–water partition coefficient (Wildman–Crippen LogP) is 4.08. The number of benzene rings is 1. The number of nitriles is 1. The molecule has 0 unspecified atom stereocenters. The second kappa shape index (κ2) is 6.69. The summed E-state index contributed by atoms with van der Waals surface area (Å²) in [6.45, 7) is 1.27. The Bertz CT molecular complexity index is 746. The zero-order chi connectivity index (χ0) is 17.2. The van der Waals surface area contributed by atoms with Crippen molar-refractivity contribution in [1.29, 1.82) is 5.26 Å². The van der Waals surface area contributed by atoms with Gasteiger partial charge in [-0.25, -0.2) is 4.98 Å². The molecule has 0 radical (unpaired) electrons. The summed E-state index contributed by atoms with van der Waals surface area (Å²) in [4.78, 5) is 6.77. The third-order valence-corrected chi connectivity index (χ3v) is 4.77. The van der Waals surface area contributed by atoms with Crippen LogP contribution in [0.4, 0.5) is 18.3 Å². The van der Waals surface area contributed by atoms with Gasteiger partial charge >= 0.3 is 6.18 Å². The van der Waals surface area contributed by atoms with E-state index in [0.717, 1.165) is 11.2 Å². The van der Waals surface area contributed by atoms with E-state index in [9.17, 15) is 13.2 Å². The fourth-order valence-corrected chi connectivity index (χ4v) is 3.38. The molecule has 1 fully saturated rings. The lowest BCUT2D eigenvalue weighted by molar-refractivity contribution is -0.139. The van der Waals surface area contributed by atoms with Gasteiger partial charge in [-0.1, -0.05) is 23.5 Å². The second-order valence-electron chi connectivity index (χ2n) is 5.42. The van der Waals surface area contributed by atoms with Crippen molar-refractivity contribution in [3.05, 3.63) is 40.9 Å². The van der Waals surface area contributed by atoms with Crippen LogP contribution in [0.25, 0.3) is 0 Å². The van der Waals surface area contributed by atoms with Crippen molar-refractivity contribution >= 4 is 16.5 Å². The predicted molar refractivity (Wildman–Crippen MR) is 84.1 cm³/mol. The van der Waals surface area contributed by atoms with Crippen molar-refractivity contribution in [3.8, 4) is 11.8 Å². The van der Waals surface area contributed by atoms with Gasteiger partial charge in [0.15, 0.2) is 5.13 Å². The number of aromatic nitrogens is 1. The minimum Gasteiger partial charge on any atom is -0.490 e. The number of halogens is 3. The van der Waals surface area contributed by atoms with Crippen LogP contribution in [0.2, 0.25) is 0 Å². The van der Waals surface area contributed by atoms with Gasteiger partial charge in [0.25, 0.3) is 0 Å². The van der Waals surface area contributed by atoms with Gasteiger partial charge in [0.05, 0.1) is 11.8 Å². The number of ether oxygens (including phenoxy) is 1. The summed E-state index contributed by atoms with van der Waals surface area (Å²) < 4.78 is 44.6. The van der Waals surface area contributed by atoms with E-state index in [1.165, 1.54) is 29.7 Å². The second-order valence-corrected chi connectivity index (χ2v) is 6.43. The Balaban J connectivity index is 1.63. The molecule has 8 heteroatoms. The minimum atomic E-state index is -4.42. The smallest absolute Gasteiger partial charge is 0.419 e. The molecule has 4 nitrogen and oxygen atoms in total. The molecule has 1 aliphatic heterocycles. The first-order valence-electron chi connectivity index (χ1n) is 7.41. The molecule has 0 amide bonds. The Morgan fingerprint density at radius 1 is 1.25 bits per heavy atom. The highest BCUT2D eigenvalue weighted by Gasteiger charge is 2.35. The van der Waals surface area contributed by atoms with Crippen LogP contribution >= 0.6 is 11.3 Å². The molecule has 0 bridgehead atoms. The van der Waals surface area contributed by atoms with Crippen LogP contribution in [0.3, 0.4) is 0 Å². The van der Waals surface area contributed by atoms with E-state index in [2.05, 4.69) is 4.98 Å². The molecule has 0 spiro atoms. The van der Waals surface area contributed by atoms with Gasteiger partial charge in [0.1, 0.15) is 22.8 Å². The minimum absolute atomic E-state index is 0.121. The molecule has 3 rings (SSSR count). The number of thiazole rings is 1. The molecule has 24 heavy (non-hydrogen) atoms. The summed E-state index contributed by atoms with van der Waals surface area (Å²) in [6, 6.07) is 7.33. The number of para-hydroxylation sites is 1. The molecule has 1 aliphatic rings. The van der Waals surface area contributed by atoms with E-state index < -0.39 is 11.7 Å². The van der Waals surface area contributed by atoms with Crippen LogP contribution in [0, 0.1) is 11.3 Å². The molecule has 0 N–H and O–H groups in total. The van der Waals surface area contributed by atoms with Crippen LogP contribution in [0.5, 0.6) is 5.75 Å². The number of piperidine rings is 1. The highest BCUT2D eigenvalue weighted by molar-refractivity contribution is 7.16. The maximum Gasteiger partial charge on any atom is 0.419 e. The number of hydrogen-bond donors (Lipinski definition) is 0. The summed E-state index contributed by atoms with van der Waals surface area (Å²) in [5.74, 6) is -0.121. The van der Waals surface area contributed by atoms with Crippen LogP contribution in [-0.2, 0) is 6.18 Å². The summed E-state index contributed by atoms with van der Waals surface area (Å²) in [6.07, 6.45) is -1.95. The molecule has 0 aliphatic carbocycles. The molecule has 1 aromatic heterocycles. The van der Waals surface area contributed by atoms with Gasteiger partial charge in [0.2, 0.25) is 0 Å². The number of nitrogens with zero attached hydrogens (tertiary/aromatic N) is 3. The Labute approximate surface area is 141 Å². The van der Waals surface area contributed by atoms with E-state index >= 15 is 0 Å². The Morgan fingerprint density at radius 3 is 2.58 bits per heavy atom. The van der Waals surface area contributed by atoms with E-state index in [1.54, 1.807) is 6.07 Å². The summed E-state index contributed by atoms with van der Waals surface area (Å²) in [5.41, 5.74) is -0.744. The van der Waals surface area contributed by atoms with Gasteiger partial charge in [-0.3, -0.25) is 0 Å². The molecule has 126 valence electrons. The lowest BCUT2D eigenvalue weighted by Gasteiger charge is -2.32. The molecule has 2 aromatic rings. The number of anilines is 1. The van der Waals surface area contributed by atoms with Gasteiger partial charge in [0, 0.05) is 25.9 Å². The average Bonchev–Trinajstić information content (AvgIpc) is 3.04. The van der Waals surface area contributed by atoms with E-state index in [-0.39, 0.29) is 11.9 Å². The summed E-state index contributed by atoms with van der Waals surface area (Å²) in [7, 11) is 0. The van der Waals surface area contributed by atoms with Gasteiger partial charge in [-0.2, -0.15) is 18.4 Å². The van der Waals surface area contributed by atoms with Crippen molar-refractivity contribution < 1.29 is 17.9 Å².